The number of aliphatic carboxylic acids is 1. The number of hydrogen-bond donors (Lipinski definition) is 4. The summed E-state index contributed by atoms with van der Waals surface area (Å²) in [6.45, 7) is 1.65. The predicted octanol–water partition coefficient (Wildman–Crippen LogP) is 0.0727. The summed E-state index contributed by atoms with van der Waals surface area (Å²) in [5.74, 6) is -3.42. The Morgan fingerprint density at radius 3 is 2.40 bits per heavy atom. The molecule has 12 nitrogen and oxygen atoms in total. The fourth-order valence-electron chi connectivity index (χ4n) is 4.51. The lowest BCUT2D eigenvalue weighted by Gasteiger charge is -2.38. The molecule has 1 aromatic carbocycles. The minimum absolute atomic E-state index is 0.00418. The van der Waals surface area contributed by atoms with E-state index in [2.05, 4.69) is 0 Å². The Morgan fingerprint density at radius 1 is 1.11 bits per heavy atom. The van der Waals surface area contributed by atoms with E-state index in [9.17, 15) is 34.8 Å². The molecule has 1 saturated heterocycles. The molecule has 1 aliphatic carbocycles. The van der Waals surface area contributed by atoms with E-state index in [1.165, 1.54) is 26.4 Å². The Balaban J connectivity index is 1.76. The lowest BCUT2D eigenvalue weighted by molar-refractivity contribution is -0.271. The topological polar surface area (TPSA) is 178 Å². The van der Waals surface area contributed by atoms with E-state index in [-0.39, 0.29) is 45.8 Å². The van der Waals surface area contributed by atoms with E-state index in [0.29, 0.717) is 0 Å². The highest BCUT2D eigenvalue weighted by molar-refractivity contribution is 6.35. The third-order valence-electron chi connectivity index (χ3n) is 6.33. The van der Waals surface area contributed by atoms with Gasteiger partial charge in [0.1, 0.15) is 40.4 Å². The summed E-state index contributed by atoms with van der Waals surface area (Å²) in [4.78, 5) is 37.1. The molecule has 1 fully saturated rings. The number of carbonyl (C=O) groups is 3. The van der Waals surface area contributed by atoms with Crippen molar-refractivity contribution >= 4 is 29.1 Å². The van der Waals surface area contributed by atoms with Crippen LogP contribution in [0.2, 0.25) is 5.02 Å². The van der Waals surface area contributed by atoms with Crippen LogP contribution < -0.4 is 14.2 Å². The van der Waals surface area contributed by atoms with Gasteiger partial charge in [0, 0.05) is 24.5 Å². The Kier molecular flexibility index (Phi) is 6.45. The lowest BCUT2D eigenvalue weighted by atomic mass is 9.75. The molecular weight excluding hydrogens is 492 g/mol. The van der Waals surface area contributed by atoms with Gasteiger partial charge in [-0.05, 0) is 0 Å². The maximum atomic E-state index is 13.6. The van der Waals surface area contributed by atoms with Crippen molar-refractivity contribution in [1.82, 2.24) is 0 Å². The van der Waals surface area contributed by atoms with Gasteiger partial charge in [0.05, 0.1) is 14.2 Å². The van der Waals surface area contributed by atoms with Crippen LogP contribution in [0.3, 0.4) is 0 Å². The number of halogens is 1. The van der Waals surface area contributed by atoms with Gasteiger partial charge in [0.2, 0.25) is 17.7 Å². The van der Waals surface area contributed by atoms with Crippen LogP contribution in [0.1, 0.15) is 23.7 Å². The number of aliphatic hydroxyl groups is 3. The average molecular weight is 515 g/mol. The molecule has 2 aliphatic heterocycles. The zero-order valence-electron chi connectivity index (χ0n) is 18.8. The van der Waals surface area contributed by atoms with Gasteiger partial charge in [-0.25, -0.2) is 4.79 Å². The number of methoxy groups -OCH3 is 2. The fraction of sp³-hybridized carbons (Fsp3) is 0.500. The van der Waals surface area contributed by atoms with Gasteiger partial charge in [0.25, 0.3) is 0 Å². The van der Waals surface area contributed by atoms with Crippen LogP contribution >= 0.6 is 11.6 Å². The average Bonchev–Trinajstić information content (AvgIpc) is 3.12. The number of carbonyl (C=O) groups excluding carboxylic acids is 2. The first-order valence-electron chi connectivity index (χ1n) is 10.5. The second kappa shape index (κ2) is 8.95. The first-order chi connectivity index (χ1) is 16.5. The molecule has 35 heavy (non-hydrogen) atoms. The van der Waals surface area contributed by atoms with Crippen molar-refractivity contribution in [3.05, 3.63) is 28.5 Å². The van der Waals surface area contributed by atoms with Gasteiger partial charge < -0.3 is 44.1 Å². The summed E-state index contributed by atoms with van der Waals surface area (Å²) in [5, 5.41) is 39.2. The standard InChI is InChI=1S/C22H23ClO12/c1-7-4-8(24)5-11(32-3)22(7)19(28)12-9(31-2)6-10(13(23)17(12)35-22)33-21-16(27)14(25)15(26)18(34-21)20(29)30/h5-7,14-16,18,21,25-27H,4H2,1-3H3,(H,29,30)/t7-,14+,15+,16-,18+,21-,22+/m1/s1. The van der Waals surface area contributed by atoms with E-state index in [1.807, 2.05) is 0 Å². The van der Waals surface area contributed by atoms with E-state index < -0.39 is 54.0 Å². The maximum Gasteiger partial charge on any atom is 0.335 e. The Morgan fingerprint density at radius 2 is 1.80 bits per heavy atom. The van der Waals surface area contributed by atoms with Gasteiger partial charge >= 0.3 is 5.97 Å². The monoisotopic (exact) mass is 514 g/mol. The van der Waals surface area contributed by atoms with E-state index in [0.717, 1.165) is 0 Å². The van der Waals surface area contributed by atoms with E-state index in [4.69, 9.17) is 35.3 Å². The minimum atomic E-state index is -1.91. The van der Waals surface area contributed by atoms with Gasteiger partial charge in [-0.2, -0.15) is 0 Å². The van der Waals surface area contributed by atoms with Gasteiger partial charge in [0.15, 0.2) is 23.4 Å². The normalized spacial score (nSPS) is 34.2. The summed E-state index contributed by atoms with van der Waals surface area (Å²) >= 11 is 6.50. The van der Waals surface area contributed by atoms with Crippen molar-refractivity contribution in [3.63, 3.8) is 0 Å². The third kappa shape index (κ3) is 3.72. The number of benzene rings is 1. The molecule has 190 valence electrons. The highest BCUT2D eigenvalue weighted by Gasteiger charge is 2.60. The number of fused-ring (bicyclic) bond motifs is 1. The zero-order chi connectivity index (χ0) is 25.8. The molecule has 0 saturated carbocycles. The van der Waals surface area contributed by atoms with Crippen molar-refractivity contribution in [2.24, 2.45) is 5.92 Å². The van der Waals surface area contributed by atoms with Crippen LogP contribution in [0.5, 0.6) is 17.2 Å². The second-order valence-corrected chi connectivity index (χ2v) is 8.78. The molecule has 0 amide bonds. The van der Waals surface area contributed by atoms with Gasteiger partial charge in [-0.15, -0.1) is 0 Å². The van der Waals surface area contributed by atoms with Crippen molar-refractivity contribution in [2.75, 3.05) is 14.2 Å². The zero-order valence-corrected chi connectivity index (χ0v) is 19.5. The lowest BCUT2D eigenvalue weighted by Crippen LogP contribution is -2.61. The number of carboxylic acids is 1. The molecule has 1 aromatic rings. The molecule has 3 aliphatic rings. The first kappa shape index (κ1) is 25.2. The number of ether oxygens (including phenoxy) is 5. The van der Waals surface area contributed by atoms with Gasteiger partial charge in [-0.3, -0.25) is 9.59 Å². The van der Waals surface area contributed by atoms with Crippen LogP contribution in [-0.2, 0) is 19.1 Å². The predicted molar refractivity (Wildman–Crippen MR) is 115 cm³/mol. The smallest absolute Gasteiger partial charge is 0.335 e. The van der Waals surface area contributed by atoms with Crippen LogP contribution in [0.4, 0.5) is 0 Å². The summed E-state index contributed by atoms with van der Waals surface area (Å²) in [7, 11) is 2.57. The molecular formula is C22H23ClO12. The molecule has 0 aromatic heterocycles. The molecule has 2 heterocycles. The number of rotatable bonds is 5. The van der Waals surface area contributed by atoms with Gasteiger partial charge in [-0.1, -0.05) is 18.5 Å². The molecule has 0 radical (unpaired) electrons. The second-order valence-electron chi connectivity index (χ2n) is 8.40. The van der Waals surface area contributed by atoms with Crippen molar-refractivity contribution in [2.45, 2.75) is 49.7 Å². The number of ketones is 2. The summed E-state index contributed by atoms with van der Waals surface area (Å²) in [6, 6.07) is 1.21. The number of Topliss-reactive ketones (excluding diaryl/α,β-unsaturated/α-hetero) is 1. The number of hydrogen-bond acceptors (Lipinski definition) is 11. The Labute approximate surface area is 203 Å². The highest BCUT2D eigenvalue weighted by Crippen LogP contribution is 2.54. The molecule has 1 spiro atoms. The number of aliphatic hydroxyl groups excluding tert-OH is 3. The Bertz CT molecular complexity index is 1120. The molecule has 4 rings (SSSR count). The largest absolute Gasteiger partial charge is 0.496 e. The molecule has 4 N–H and O–H groups in total. The maximum absolute atomic E-state index is 13.6. The van der Waals surface area contributed by atoms with E-state index >= 15 is 0 Å². The van der Waals surface area contributed by atoms with E-state index in [1.54, 1.807) is 6.92 Å². The number of carboxylic acid groups (broad SMARTS) is 1. The molecule has 7 atom stereocenters. The quantitative estimate of drug-likeness (QED) is 0.416. The first-order valence-corrected chi connectivity index (χ1v) is 10.9. The minimum Gasteiger partial charge on any atom is -0.496 e. The molecule has 0 unspecified atom stereocenters. The highest BCUT2D eigenvalue weighted by atomic mass is 35.5. The van der Waals surface area contributed by atoms with Crippen LogP contribution in [-0.4, -0.2) is 88.5 Å². The number of allylic oxidation sites excluding steroid dienone is 1. The summed E-state index contributed by atoms with van der Waals surface area (Å²) in [5.41, 5.74) is -1.71. The van der Waals surface area contributed by atoms with Crippen LogP contribution in [0.15, 0.2) is 17.9 Å². The van der Waals surface area contributed by atoms with Crippen LogP contribution in [0, 0.1) is 5.92 Å². The SMILES string of the molecule is COC1=CC(=O)C[C@@H](C)[C@]12Oc1c(Cl)c(O[C@@H]3O[C@H](C(=O)O)[C@@H](O)[C@H](O)[C@H]3O)cc(OC)c1C2=O. The Hall–Kier alpha value is -2.90. The molecule has 13 heteroatoms. The summed E-state index contributed by atoms with van der Waals surface area (Å²) in [6.07, 6.45) is -8.13. The van der Waals surface area contributed by atoms with Crippen LogP contribution in [0.25, 0.3) is 0 Å². The van der Waals surface area contributed by atoms with Crippen molar-refractivity contribution in [1.29, 1.82) is 0 Å². The third-order valence-corrected chi connectivity index (χ3v) is 6.69. The summed E-state index contributed by atoms with van der Waals surface area (Å²) < 4.78 is 27.4. The molecule has 0 bridgehead atoms. The van der Waals surface area contributed by atoms with Crippen molar-refractivity contribution in [3.8, 4) is 17.2 Å². The fourth-order valence-corrected chi connectivity index (χ4v) is 4.74. The van der Waals surface area contributed by atoms with Crippen molar-refractivity contribution < 1.29 is 58.5 Å².